The Morgan fingerprint density at radius 2 is 1.35 bits per heavy atom. The lowest BCUT2D eigenvalue weighted by Crippen LogP contribution is -2.30. The Morgan fingerprint density at radius 3 is 2.00 bits per heavy atom. The molecule has 8 nitrogen and oxygen atoms in total. The van der Waals surface area contributed by atoms with E-state index < -0.39 is 11.8 Å². The van der Waals surface area contributed by atoms with Gasteiger partial charge in [-0.05, 0) is 72.8 Å². The number of thioether (sulfide) groups is 1. The highest BCUT2D eigenvalue weighted by atomic mass is 35.5. The lowest BCUT2D eigenvalue weighted by Gasteiger charge is -2.13. The molecule has 4 aromatic carbocycles. The van der Waals surface area contributed by atoms with Crippen molar-refractivity contribution >= 4 is 81.7 Å². The molecule has 11 heteroatoms. The van der Waals surface area contributed by atoms with E-state index in [0.717, 1.165) is 4.90 Å². The van der Waals surface area contributed by atoms with Crippen molar-refractivity contribution in [3.8, 4) is 0 Å². The topological polar surface area (TPSA) is 116 Å². The quantitative estimate of drug-likeness (QED) is 0.110. The van der Waals surface area contributed by atoms with Gasteiger partial charge in [-0.2, -0.15) is 0 Å². The zero-order chi connectivity index (χ0) is 30.8. The summed E-state index contributed by atoms with van der Waals surface area (Å²) in [4.78, 5) is 50.7. The van der Waals surface area contributed by atoms with Crippen LogP contribution in [-0.2, 0) is 14.4 Å². The second-order valence-corrected chi connectivity index (χ2v) is 11.0. The summed E-state index contributed by atoms with van der Waals surface area (Å²) in [7, 11) is 0. The molecular formula is C32H26Cl2N4O4S. The first-order chi connectivity index (χ1) is 20.7. The highest BCUT2D eigenvalue weighted by Gasteiger charge is 2.17. The normalized spacial score (nSPS) is 10.9. The summed E-state index contributed by atoms with van der Waals surface area (Å²) in [6.07, 6.45) is 1.42. The zero-order valence-electron chi connectivity index (χ0n) is 22.8. The minimum atomic E-state index is -0.595. The Kier molecular flexibility index (Phi) is 11.0. The Labute approximate surface area is 262 Å². The molecule has 0 radical (unpaired) electrons. The van der Waals surface area contributed by atoms with E-state index in [0.29, 0.717) is 38.2 Å². The van der Waals surface area contributed by atoms with Gasteiger partial charge in [0.15, 0.2) is 0 Å². The predicted octanol–water partition coefficient (Wildman–Crippen LogP) is 7.09. The number of amides is 4. The third kappa shape index (κ3) is 9.47. The van der Waals surface area contributed by atoms with Gasteiger partial charge in [-0.15, -0.1) is 11.8 Å². The molecule has 0 aliphatic carbocycles. The van der Waals surface area contributed by atoms with Gasteiger partial charge in [0.05, 0.1) is 5.75 Å². The lowest BCUT2D eigenvalue weighted by molar-refractivity contribution is -0.114. The van der Waals surface area contributed by atoms with Crippen LogP contribution in [0.2, 0.25) is 10.0 Å². The Morgan fingerprint density at radius 1 is 0.721 bits per heavy atom. The van der Waals surface area contributed by atoms with E-state index in [9.17, 15) is 19.2 Å². The number of benzene rings is 4. The predicted molar refractivity (Wildman–Crippen MR) is 174 cm³/mol. The molecule has 4 amide bonds. The first-order valence-electron chi connectivity index (χ1n) is 12.9. The van der Waals surface area contributed by atoms with Gasteiger partial charge in [0.25, 0.3) is 11.8 Å². The molecule has 4 aromatic rings. The number of rotatable bonds is 10. The first-order valence-corrected chi connectivity index (χ1v) is 14.7. The Balaban J connectivity index is 1.44. The van der Waals surface area contributed by atoms with Crippen LogP contribution >= 0.6 is 35.0 Å². The monoisotopic (exact) mass is 632 g/mol. The van der Waals surface area contributed by atoms with E-state index in [2.05, 4.69) is 21.3 Å². The van der Waals surface area contributed by atoms with Crippen LogP contribution in [0, 0.1) is 0 Å². The molecule has 0 fully saturated rings. The SMILES string of the molecule is CC(=O)Nc1ccc(NC(=O)CSc2cccc(NC(=O)/C(=C\c3c(Cl)cccc3Cl)NC(=O)c3ccccc3)c2)cc1. The molecule has 0 aliphatic heterocycles. The fraction of sp³-hybridized carbons (Fsp3) is 0.0625. The smallest absolute Gasteiger partial charge is 0.272 e. The Bertz CT molecular complexity index is 1660. The average Bonchev–Trinajstić information content (AvgIpc) is 2.98. The van der Waals surface area contributed by atoms with Crippen LogP contribution in [0.3, 0.4) is 0 Å². The van der Waals surface area contributed by atoms with E-state index in [1.165, 1.54) is 24.8 Å². The van der Waals surface area contributed by atoms with Gasteiger partial charge >= 0.3 is 0 Å². The molecule has 0 saturated heterocycles. The van der Waals surface area contributed by atoms with E-state index in [1.54, 1.807) is 91.0 Å². The maximum absolute atomic E-state index is 13.4. The van der Waals surface area contributed by atoms with Crippen LogP contribution in [0.5, 0.6) is 0 Å². The second kappa shape index (κ2) is 15.1. The number of carbonyl (C=O) groups excluding carboxylic acids is 4. The summed E-state index contributed by atoms with van der Waals surface area (Å²) >= 11 is 13.9. The van der Waals surface area contributed by atoms with E-state index in [-0.39, 0.29) is 23.3 Å². The molecule has 0 aromatic heterocycles. The van der Waals surface area contributed by atoms with Crippen molar-refractivity contribution in [2.75, 3.05) is 21.7 Å². The number of anilines is 3. The molecule has 4 rings (SSSR count). The summed E-state index contributed by atoms with van der Waals surface area (Å²) in [5.74, 6) is -1.36. The summed E-state index contributed by atoms with van der Waals surface area (Å²) in [5, 5.41) is 11.6. The minimum absolute atomic E-state index is 0.0641. The van der Waals surface area contributed by atoms with Gasteiger partial charge in [0.1, 0.15) is 5.70 Å². The number of nitrogens with one attached hydrogen (secondary N) is 4. The van der Waals surface area contributed by atoms with E-state index in [1.807, 2.05) is 6.07 Å². The van der Waals surface area contributed by atoms with Crippen LogP contribution in [-0.4, -0.2) is 29.4 Å². The second-order valence-electron chi connectivity index (χ2n) is 9.09. The Hall–Kier alpha value is -4.57. The fourth-order valence-corrected chi connectivity index (χ4v) is 5.05. The molecule has 0 spiro atoms. The van der Waals surface area contributed by atoms with Crippen molar-refractivity contribution < 1.29 is 19.2 Å². The molecule has 4 N–H and O–H groups in total. The van der Waals surface area contributed by atoms with Crippen LogP contribution in [0.4, 0.5) is 17.1 Å². The third-order valence-electron chi connectivity index (χ3n) is 5.77. The summed E-state index contributed by atoms with van der Waals surface area (Å²) < 4.78 is 0. The number of carbonyl (C=O) groups is 4. The van der Waals surface area contributed by atoms with Crippen molar-refractivity contribution in [3.05, 3.63) is 124 Å². The number of halogens is 2. The van der Waals surface area contributed by atoms with E-state index in [4.69, 9.17) is 23.2 Å². The summed E-state index contributed by atoms with van der Waals surface area (Å²) in [6, 6.07) is 27.2. The van der Waals surface area contributed by atoms with Gasteiger partial charge in [0.2, 0.25) is 11.8 Å². The van der Waals surface area contributed by atoms with Gasteiger partial charge in [-0.1, -0.05) is 53.5 Å². The maximum Gasteiger partial charge on any atom is 0.272 e. The number of hydrogen-bond acceptors (Lipinski definition) is 5. The summed E-state index contributed by atoms with van der Waals surface area (Å²) in [6.45, 7) is 1.42. The largest absolute Gasteiger partial charge is 0.326 e. The average molecular weight is 634 g/mol. The standard InChI is InChI=1S/C32H26Cl2N4O4S/c1-20(39)35-22-13-15-23(16-14-22)36-30(40)19-43-25-10-5-9-24(17-25)37-32(42)29(18-26-27(33)11-6-12-28(26)34)38-31(41)21-7-3-2-4-8-21/h2-18H,19H2,1H3,(H,35,39)(H,36,40)(H,37,42)(H,38,41)/b29-18+. The van der Waals surface area contributed by atoms with Crippen molar-refractivity contribution in [2.45, 2.75) is 11.8 Å². The van der Waals surface area contributed by atoms with Crippen LogP contribution in [0.1, 0.15) is 22.8 Å². The van der Waals surface area contributed by atoms with Crippen LogP contribution in [0.25, 0.3) is 6.08 Å². The van der Waals surface area contributed by atoms with Crippen molar-refractivity contribution in [1.82, 2.24) is 5.32 Å². The van der Waals surface area contributed by atoms with Crippen molar-refractivity contribution in [3.63, 3.8) is 0 Å². The molecule has 0 saturated carbocycles. The maximum atomic E-state index is 13.4. The molecule has 43 heavy (non-hydrogen) atoms. The highest BCUT2D eigenvalue weighted by Crippen LogP contribution is 2.27. The van der Waals surface area contributed by atoms with Gasteiger partial charge in [-0.25, -0.2) is 0 Å². The molecule has 0 heterocycles. The highest BCUT2D eigenvalue weighted by molar-refractivity contribution is 8.00. The molecule has 0 atom stereocenters. The molecular weight excluding hydrogens is 607 g/mol. The molecule has 0 bridgehead atoms. The third-order valence-corrected chi connectivity index (χ3v) is 7.42. The number of hydrogen-bond donors (Lipinski definition) is 4. The van der Waals surface area contributed by atoms with Crippen LogP contribution in [0.15, 0.2) is 108 Å². The van der Waals surface area contributed by atoms with E-state index >= 15 is 0 Å². The minimum Gasteiger partial charge on any atom is -0.326 e. The summed E-state index contributed by atoms with van der Waals surface area (Å²) in [5.41, 5.74) is 2.36. The fourth-order valence-electron chi connectivity index (χ4n) is 3.78. The van der Waals surface area contributed by atoms with Gasteiger partial charge in [0, 0.05) is 50.1 Å². The van der Waals surface area contributed by atoms with Crippen molar-refractivity contribution in [2.24, 2.45) is 0 Å². The molecule has 0 aliphatic rings. The van der Waals surface area contributed by atoms with Gasteiger partial charge < -0.3 is 21.3 Å². The zero-order valence-corrected chi connectivity index (χ0v) is 25.1. The first kappa shape index (κ1) is 31.4. The lowest BCUT2D eigenvalue weighted by atomic mass is 10.1. The molecule has 0 unspecified atom stereocenters. The molecule has 218 valence electrons. The van der Waals surface area contributed by atoms with Gasteiger partial charge in [-0.3, -0.25) is 19.2 Å². The van der Waals surface area contributed by atoms with Crippen LogP contribution < -0.4 is 21.3 Å². The van der Waals surface area contributed by atoms with Crippen molar-refractivity contribution in [1.29, 1.82) is 0 Å².